The molecule has 3 heteroatoms. The van der Waals surface area contributed by atoms with Crippen molar-refractivity contribution in [2.24, 2.45) is 0 Å². The predicted octanol–water partition coefficient (Wildman–Crippen LogP) is 4.73. The van der Waals surface area contributed by atoms with E-state index in [1.165, 1.54) is 0 Å². The second-order valence-corrected chi connectivity index (χ2v) is 14.4. The van der Waals surface area contributed by atoms with Crippen molar-refractivity contribution < 1.29 is 9.78 Å². The van der Waals surface area contributed by atoms with Crippen LogP contribution in [-0.2, 0) is 9.78 Å². The maximum atomic E-state index is 5.14. The lowest BCUT2D eigenvalue weighted by atomic mass is 10.2. The van der Waals surface area contributed by atoms with E-state index in [2.05, 4.69) is 61.9 Å². The average molecular weight is 244 g/mol. The maximum absolute atomic E-state index is 5.14. The van der Waals surface area contributed by atoms with Gasteiger partial charge in [0.25, 0.3) is 0 Å². The molecule has 0 aromatic heterocycles. The van der Waals surface area contributed by atoms with Crippen molar-refractivity contribution in [1.29, 1.82) is 0 Å². The molecule has 0 unspecified atom stereocenters. The van der Waals surface area contributed by atoms with E-state index in [4.69, 9.17) is 9.78 Å². The maximum Gasteiger partial charge on any atom is 0.227 e. The van der Waals surface area contributed by atoms with E-state index in [1.54, 1.807) is 0 Å². The van der Waals surface area contributed by atoms with Crippen LogP contribution in [0, 0.1) is 0 Å². The molecule has 1 fully saturated rings. The highest BCUT2D eigenvalue weighted by Crippen LogP contribution is 2.65. The highest BCUT2D eigenvalue weighted by Gasteiger charge is 2.64. The second kappa shape index (κ2) is 3.56. The van der Waals surface area contributed by atoms with Crippen LogP contribution in [0.4, 0.5) is 0 Å². The molecule has 0 radical (unpaired) electrons. The molecule has 0 aliphatic carbocycles. The summed E-state index contributed by atoms with van der Waals surface area (Å²) in [5, 5.41) is 0.775. The van der Waals surface area contributed by atoms with Crippen molar-refractivity contribution in [1.82, 2.24) is 0 Å². The van der Waals surface area contributed by atoms with Crippen LogP contribution in [0.25, 0.3) is 0 Å². The zero-order valence-electron chi connectivity index (χ0n) is 12.4. The van der Waals surface area contributed by atoms with Crippen LogP contribution in [0.5, 0.6) is 0 Å². The Labute approximate surface area is 102 Å². The molecule has 1 saturated heterocycles. The summed E-state index contributed by atoms with van der Waals surface area (Å²) < 4.78 is 0. The van der Waals surface area contributed by atoms with E-state index in [0.717, 1.165) is 0 Å². The number of hydrogen-bond acceptors (Lipinski definition) is 2. The lowest BCUT2D eigenvalue weighted by Crippen LogP contribution is -2.58. The standard InChI is InChI=1S/C13H28O2Si/c1-11(2,3)16(9,12(4,5)6)13(7,8)10-14-15-10/h10H,1-9H3. The summed E-state index contributed by atoms with van der Waals surface area (Å²) in [6, 6.07) is 0. The normalized spacial score (nSPS) is 20.1. The van der Waals surface area contributed by atoms with Gasteiger partial charge in [0, 0.05) is 5.04 Å². The predicted molar refractivity (Wildman–Crippen MR) is 71.0 cm³/mol. The summed E-state index contributed by atoms with van der Waals surface area (Å²) in [4.78, 5) is 10.3. The fraction of sp³-hybridized carbons (Fsp3) is 1.00. The first kappa shape index (κ1) is 14.2. The monoisotopic (exact) mass is 244 g/mol. The van der Waals surface area contributed by atoms with Crippen LogP contribution < -0.4 is 0 Å². The molecule has 1 rings (SSSR count). The molecule has 16 heavy (non-hydrogen) atoms. The van der Waals surface area contributed by atoms with Gasteiger partial charge in [-0.05, 0) is 10.1 Å². The van der Waals surface area contributed by atoms with Gasteiger partial charge < -0.3 is 0 Å². The molecule has 1 heterocycles. The third-order valence-corrected chi connectivity index (χ3v) is 13.9. The Morgan fingerprint density at radius 2 is 1.06 bits per heavy atom. The largest absolute Gasteiger partial charge is 0.227 e. The molecule has 0 N–H and O–H groups in total. The highest BCUT2D eigenvalue weighted by molar-refractivity contribution is 6.86. The minimum atomic E-state index is -1.63. The van der Waals surface area contributed by atoms with Gasteiger partial charge in [-0.1, -0.05) is 61.9 Å². The molecule has 0 atom stereocenters. The molecule has 2 nitrogen and oxygen atoms in total. The van der Waals surface area contributed by atoms with Crippen molar-refractivity contribution >= 4 is 8.07 Å². The Hall–Kier alpha value is 0.137. The molecule has 96 valence electrons. The Morgan fingerprint density at radius 3 is 1.25 bits per heavy atom. The first-order chi connectivity index (χ1) is 6.86. The van der Waals surface area contributed by atoms with E-state index >= 15 is 0 Å². The molecular formula is C13H28O2Si. The number of rotatable bonds is 2. The lowest BCUT2D eigenvalue weighted by molar-refractivity contribution is 0.0850. The third kappa shape index (κ3) is 1.87. The van der Waals surface area contributed by atoms with Crippen LogP contribution in [0.15, 0.2) is 0 Å². The molecular weight excluding hydrogens is 216 g/mol. The Balaban J connectivity index is 3.25. The van der Waals surface area contributed by atoms with Crippen LogP contribution in [0.2, 0.25) is 21.7 Å². The van der Waals surface area contributed by atoms with Gasteiger partial charge in [-0.2, -0.15) is 9.78 Å². The van der Waals surface area contributed by atoms with Crippen LogP contribution >= 0.6 is 0 Å². The smallest absolute Gasteiger partial charge is 0.198 e. The van der Waals surface area contributed by atoms with Gasteiger partial charge in [-0.3, -0.25) is 0 Å². The van der Waals surface area contributed by atoms with Gasteiger partial charge in [0.05, 0.1) is 8.07 Å². The van der Waals surface area contributed by atoms with Crippen molar-refractivity contribution in [2.45, 2.75) is 83.3 Å². The topological polar surface area (TPSA) is 25.1 Å². The molecule has 0 spiro atoms. The van der Waals surface area contributed by atoms with Crippen LogP contribution in [-0.4, -0.2) is 14.4 Å². The lowest BCUT2D eigenvalue weighted by Gasteiger charge is -2.57. The zero-order valence-corrected chi connectivity index (χ0v) is 13.4. The Morgan fingerprint density at radius 1 is 0.750 bits per heavy atom. The van der Waals surface area contributed by atoms with Crippen molar-refractivity contribution in [2.75, 3.05) is 0 Å². The Kier molecular flexibility index (Phi) is 3.16. The third-order valence-electron chi connectivity index (χ3n) is 5.07. The van der Waals surface area contributed by atoms with Crippen LogP contribution in [0.3, 0.4) is 0 Å². The van der Waals surface area contributed by atoms with Gasteiger partial charge in [0.15, 0.2) is 0 Å². The highest BCUT2D eigenvalue weighted by atomic mass is 28.3. The second-order valence-electron chi connectivity index (χ2n) is 7.87. The minimum Gasteiger partial charge on any atom is -0.198 e. The van der Waals surface area contributed by atoms with Crippen molar-refractivity contribution in [3.05, 3.63) is 0 Å². The van der Waals surface area contributed by atoms with E-state index in [-0.39, 0.29) is 11.3 Å². The van der Waals surface area contributed by atoms with Gasteiger partial charge >= 0.3 is 0 Å². The molecule has 1 aliphatic heterocycles. The molecule has 1 aliphatic rings. The summed E-state index contributed by atoms with van der Waals surface area (Å²) in [6.07, 6.45) is 0.00242. The minimum absolute atomic E-state index is 0.00242. The quantitative estimate of drug-likeness (QED) is 0.398. The van der Waals surface area contributed by atoms with Crippen LogP contribution in [0.1, 0.15) is 55.4 Å². The van der Waals surface area contributed by atoms with E-state index in [1.807, 2.05) is 0 Å². The van der Waals surface area contributed by atoms with E-state index < -0.39 is 8.07 Å². The SMILES string of the molecule is CC(C)(C)[Si](C)(C(C)(C)C)C(C)(C)C1OO1. The number of hydrogen-bond donors (Lipinski definition) is 0. The molecule has 0 amide bonds. The Bertz CT molecular complexity index is 253. The van der Waals surface area contributed by atoms with Gasteiger partial charge in [0.2, 0.25) is 6.29 Å². The van der Waals surface area contributed by atoms with Gasteiger partial charge in [-0.25, -0.2) is 0 Å². The van der Waals surface area contributed by atoms with Crippen molar-refractivity contribution in [3.8, 4) is 0 Å². The summed E-state index contributed by atoms with van der Waals surface area (Å²) in [7, 11) is -1.63. The fourth-order valence-electron chi connectivity index (χ4n) is 3.56. The fourth-order valence-corrected chi connectivity index (χ4v) is 10.2. The van der Waals surface area contributed by atoms with Gasteiger partial charge in [0.1, 0.15) is 0 Å². The van der Waals surface area contributed by atoms with Gasteiger partial charge in [-0.15, -0.1) is 0 Å². The first-order valence-electron chi connectivity index (χ1n) is 6.18. The molecule has 0 aromatic rings. The van der Waals surface area contributed by atoms with E-state index in [9.17, 15) is 0 Å². The molecule has 0 bridgehead atoms. The average Bonchev–Trinajstić information content (AvgIpc) is 2.79. The summed E-state index contributed by atoms with van der Waals surface area (Å²) in [5.74, 6) is 0. The molecule has 0 aromatic carbocycles. The zero-order chi connectivity index (χ0) is 13.0. The molecule has 0 saturated carbocycles. The first-order valence-corrected chi connectivity index (χ1v) is 8.68. The summed E-state index contributed by atoms with van der Waals surface area (Å²) in [6.45, 7) is 21.3. The summed E-state index contributed by atoms with van der Waals surface area (Å²) in [5.41, 5.74) is 0. The van der Waals surface area contributed by atoms with E-state index in [0.29, 0.717) is 10.1 Å². The summed E-state index contributed by atoms with van der Waals surface area (Å²) >= 11 is 0. The van der Waals surface area contributed by atoms with Crippen molar-refractivity contribution in [3.63, 3.8) is 0 Å².